The molecule has 3 atom stereocenters. The van der Waals surface area contributed by atoms with Crippen molar-refractivity contribution in [1.29, 1.82) is 0 Å². The molecule has 0 aromatic rings. The van der Waals surface area contributed by atoms with E-state index in [-0.39, 0.29) is 11.6 Å². The molecule has 1 heterocycles. The fourth-order valence-corrected chi connectivity index (χ4v) is 0.973. The van der Waals surface area contributed by atoms with Crippen molar-refractivity contribution in [3.05, 3.63) is 5.21 Å². The van der Waals surface area contributed by atoms with Gasteiger partial charge in [-0.05, 0) is 0 Å². The van der Waals surface area contributed by atoms with Crippen LogP contribution in [0.2, 0.25) is 0 Å². The van der Waals surface area contributed by atoms with Crippen molar-refractivity contribution < 1.29 is 15.3 Å². The average Bonchev–Trinajstić information content (AvgIpc) is 1.80. The van der Waals surface area contributed by atoms with Gasteiger partial charge in [0.15, 0.2) is 0 Å². The number of piperidine rings is 1. The average molecular weight is 133 g/mol. The SMILES string of the molecule is [O-][NH+]1CCC(O)C(O)C1. The lowest BCUT2D eigenvalue weighted by molar-refractivity contribution is -0.859. The van der Waals surface area contributed by atoms with Gasteiger partial charge in [-0.25, -0.2) is 0 Å². The lowest BCUT2D eigenvalue weighted by Crippen LogP contribution is -3.10. The van der Waals surface area contributed by atoms with Gasteiger partial charge in [0.05, 0.1) is 12.6 Å². The van der Waals surface area contributed by atoms with Crippen molar-refractivity contribution in [2.24, 2.45) is 0 Å². The zero-order valence-electron chi connectivity index (χ0n) is 5.08. The Hall–Kier alpha value is -0.160. The molecule has 1 aliphatic rings. The van der Waals surface area contributed by atoms with Gasteiger partial charge in [-0.1, -0.05) is 0 Å². The minimum absolute atomic E-state index is 0.0489. The number of hydrogen-bond acceptors (Lipinski definition) is 3. The summed E-state index contributed by atoms with van der Waals surface area (Å²) in [6, 6.07) is 0. The molecule has 0 radical (unpaired) electrons. The first kappa shape index (κ1) is 6.95. The third-order valence-corrected chi connectivity index (χ3v) is 1.60. The minimum Gasteiger partial charge on any atom is -0.634 e. The van der Waals surface area contributed by atoms with Crippen molar-refractivity contribution in [3.8, 4) is 0 Å². The summed E-state index contributed by atoms with van der Waals surface area (Å²) in [5, 5.41) is 28.4. The van der Waals surface area contributed by atoms with Gasteiger partial charge in [-0.3, -0.25) is 0 Å². The van der Waals surface area contributed by atoms with Crippen LogP contribution in [0.25, 0.3) is 0 Å². The van der Waals surface area contributed by atoms with E-state index in [2.05, 4.69) is 0 Å². The van der Waals surface area contributed by atoms with Crippen LogP contribution in [0.4, 0.5) is 0 Å². The van der Waals surface area contributed by atoms with E-state index in [0.29, 0.717) is 13.0 Å². The Kier molecular flexibility index (Phi) is 2.02. The maximum Gasteiger partial charge on any atom is 0.129 e. The van der Waals surface area contributed by atoms with E-state index in [1.54, 1.807) is 0 Å². The van der Waals surface area contributed by atoms with E-state index in [1.807, 2.05) is 0 Å². The standard InChI is InChI=1S/C5H11NO3/c7-4-1-2-6(9)3-5(4)8/h4-8H,1-3H2. The Labute approximate surface area is 53.3 Å². The van der Waals surface area contributed by atoms with Gasteiger partial charge < -0.3 is 20.5 Å². The van der Waals surface area contributed by atoms with Gasteiger partial charge in [0.25, 0.3) is 0 Å². The molecule has 0 spiro atoms. The highest BCUT2D eigenvalue weighted by molar-refractivity contribution is 4.68. The summed E-state index contributed by atoms with van der Waals surface area (Å²) in [6.45, 7) is 0.541. The van der Waals surface area contributed by atoms with Gasteiger partial charge in [0.1, 0.15) is 12.6 Å². The van der Waals surface area contributed by atoms with Gasteiger partial charge in [-0.15, -0.1) is 0 Å². The Morgan fingerprint density at radius 3 is 2.44 bits per heavy atom. The van der Waals surface area contributed by atoms with Crippen molar-refractivity contribution in [2.45, 2.75) is 18.6 Å². The van der Waals surface area contributed by atoms with E-state index in [0.717, 1.165) is 0 Å². The summed E-state index contributed by atoms with van der Waals surface area (Å²) in [5.74, 6) is 0. The van der Waals surface area contributed by atoms with E-state index < -0.39 is 12.2 Å². The Morgan fingerprint density at radius 1 is 1.33 bits per heavy atom. The normalized spacial score (nSPS) is 45.0. The number of hydroxylamine groups is 2. The smallest absolute Gasteiger partial charge is 0.129 e. The lowest BCUT2D eigenvalue weighted by Gasteiger charge is -2.32. The second-order valence-corrected chi connectivity index (χ2v) is 2.42. The van der Waals surface area contributed by atoms with Crippen LogP contribution >= 0.6 is 0 Å². The monoisotopic (exact) mass is 133 g/mol. The van der Waals surface area contributed by atoms with E-state index >= 15 is 0 Å². The summed E-state index contributed by atoms with van der Waals surface area (Å²) in [7, 11) is 0. The van der Waals surface area contributed by atoms with Crippen LogP contribution in [-0.2, 0) is 0 Å². The third-order valence-electron chi connectivity index (χ3n) is 1.60. The third kappa shape index (κ3) is 1.62. The van der Waals surface area contributed by atoms with E-state index in [9.17, 15) is 5.21 Å². The number of hydrogen-bond donors (Lipinski definition) is 3. The molecule has 0 aromatic heterocycles. The molecule has 4 nitrogen and oxygen atoms in total. The zero-order chi connectivity index (χ0) is 6.85. The molecule has 1 fully saturated rings. The highest BCUT2D eigenvalue weighted by Crippen LogP contribution is 1.98. The predicted molar refractivity (Wildman–Crippen MR) is 30.7 cm³/mol. The van der Waals surface area contributed by atoms with Crippen LogP contribution in [0.5, 0.6) is 0 Å². The Balaban J connectivity index is 2.35. The molecule has 0 saturated carbocycles. The number of nitrogens with one attached hydrogen (secondary N) is 1. The molecular weight excluding hydrogens is 122 g/mol. The molecule has 0 aromatic carbocycles. The Morgan fingerprint density at radius 2 is 2.00 bits per heavy atom. The first-order valence-corrected chi connectivity index (χ1v) is 3.08. The summed E-state index contributed by atoms with van der Waals surface area (Å²) < 4.78 is 0. The molecule has 0 aliphatic carbocycles. The molecule has 0 bridgehead atoms. The second kappa shape index (κ2) is 2.62. The molecule has 1 aliphatic heterocycles. The summed E-state index contributed by atoms with van der Waals surface area (Å²) in [4.78, 5) is 0. The Bertz CT molecular complexity index is 98.2. The minimum atomic E-state index is -0.814. The van der Waals surface area contributed by atoms with Gasteiger partial charge in [0, 0.05) is 6.42 Å². The molecule has 0 amide bonds. The van der Waals surface area contributed by atoms with Crippen LogP contribution in [0.3, 0.4) is 0 Å². The maximum atomic E-state index is 10.5. The highest BCUT2D eigenvalue weighted by Gasteiger charge is 2.24. The topological polar surface area (TPSA) is 68.0 Å². The molecule has 1 rings (SSSR count). The van der Waals surface area contributed by atoms with Gasteiger partial charge in [-0.2, -0.15) is 0 Å². The number of aliphatic hydroxyl groups is 2. The fraction of sp³-hybridized carbons (Fsp3) is 1.00. The summed E-state index contributed by atoms with van der Waals surface area (Å²) in [6.07, 6.45) is -1.08. The largest absolute Gasteiger partial charge is 0.634 e. The molecule has 1 saturated heterocycles. The number of quaternary nitrogens is 1. The lowest BCUT2D eigenvalue weighted by atomic mass is 10.1. The highest BCUT2D eigenvalue weighted by atomic mass is 16.5. The molecule has 3 unspecified atom stereocenters. The molecule has 4 heteroatoms. The van der Waals surface area contributed by atoms with Gasteiger partial charge in [0.2, 0.25) is 0 Å². The van der Waals surface area contributed by atoms with Crippen LogP contribution < -0.4 is 5.06 Å². The summed E-state index contributed by atoms with van der Waals surface area (Å²) >= 11 is 0. The van der Waals surface area contributed by atoms with Crippen molar-refractivity contribution in [3.63, 3.8) is 0 Å². The first-order valence-electron chi connectivity index (χ1n) is 3.08. The van der Waals surface area contributed by atoms with Crippen LogP contribution in [0, 0.1) is 5.21 Å². The van der Waals surface area contributed by atoms with Crippen LogP contribution in [0.1, 0.15) is 6.42 Å². The maximum absolute atomic E-state index is 10.5. The first-order chi connectivity index (χ1) is 4.20. The van der Waals surface area contributed by atoms with Crippen LogP contribution in [0.15, 0.2) is 0 Å². The number of aliphatic hydroxyl groups excluding tert-OH is 2. The van der Waals surface area contributed by atoms with Crippen LogP contribution in [-0.4, -0.2) is 35.5 Å². The van der Waals surface area contributed by atoms with Crippen molar-refractivity contribution >= 4 is 0 Å². The van der Waals surface area contributed by atoms with E-state index in [1.165, 1.54) is 0 Å². The molecule has 54 valence electrons. The number of rotatable bonds is 0. The zero-order valence-corrected chi connectivity index (χ0v) is 5.08. The molecular formula is C5H11NO3. The fourth-order valence-electron chi connectivity index (χ4n) is 0.973. The van der Waals surface area contributed by atoms with E-state index in [4.69, 9.17) is 10.2 Å². The van der Waals surface area contributed by atoms with Crippen molar-refractivity contribution in [2.75, 3.05) is 13.1 Å². The second-order valence-electron chi connectivity index (χ2n) is 2.42. The molecule has 3 N–H and O–H groups in total. The van der Waals surface area contributed by atoms with Gasteiger partial charge >= 0.3 is 0 Å². The summed E-state index contributed by atoms with van der Waals surface area (Å²) in [5.41, 5.74) is 0. The molecule has 9 heavy (non-hydrogen) atoms. The van der Waals surface area contributed by atoms with Crippen molar-refractivity contribution in [1.82, 2.24) is 0 Å². The quantitative estimate of drug-likeness (QED) is 0.320. The predicted octanol–water partition coefficient (Wildman–Crippen LogP) is -2.51.